The lowest BCUT2D eigenvalue weighted by Gasteiger charge is -2.24. The first-order chi connectivity index (χ1) is 6.77. The van der Waals surface area contributed by atoms with Gasteiger partial charge >= 0.3 is 6.16 Å². The highest BCUT2D eigenvalue weighted by atomic mass is 16.7. The number of carbonyl (C=O) groups is 1. The predicted octanol–water partition coefficient (Wildman–Crippen LogP) is 2.24. The zero-order chi connectivity index (χ0) is 10.4. The molecule has 0 aliphatic heterocycles. The summed E-state index contributed by atoms with van der Waals surface area (Å²) in [4.78, 5) is 10.8. The van der Waals surface area contributed by atoms with Crippen LogP contribution in [0.4, 0.5) is 4.79 Å². The van der Waals surface area contributed by atoms with Crippen LogP contribution in [-0.4, -0.2) is 19.4 Å². The van der Waals surface area contributed by atoms with Crippen molar-refractivity contribution in [3.63, 3.8) is 0 Å². The highest BCUT2D eigenvalue weighted by Crippen LogP contribution is 2.27. The monoisotopic (exact) mass is 197 g/mol. The number of nitriles is 1. The van der Waals surface area contributed by atoms with Gasteiger partial charge in [0.05, 0.1) is 7.11 Å². The molecule has 0 N–H and O–H groups in total. The normalized spacial score (nSPS) is 19.4. The van der Waals surface area contributed by atoms with Crippen LogP contribution in [0.1, 0.15) is 32.1 Å². The van der Waals surface area contributed by atoms with Gasteiger partial charge in [-0.25, -0.2) is 4.79 Å². The molecule has 14 heavy (non-hydrogen) atoms. The Balaban J connectivity index is 2.44. The van der Waals surface area contributed by atoms with Crippen LogP contribution >= 0.6 is 0 Å². The van der Waals surface area contributed by atoms with Crippen LogP contribution in [0.5, 0.6) is 0 Å². The lowest BCUT2D eigenvalue weighted by atomic mass is 9.86. The van der Waals surface area contributed by atoms with Crippen LogP contribution in [0.15, 0.2) is 0 Å². The fourth-order valence-electron chi connectivity index (χ4n) is 1.82. The first-order valence-electron chi connectivity index (χ1n) is 4.92. The quantitative estimate of drug-likeness (QED) is 0.637. The molecule has 0 aromatic rings. The molecule has 4 heteroatoms. The van der Waals surface area contributed by atoms with Crippen LogP contribution in [0, 0.1) is 17.2 Å². The zero-order valence-electron chi connectivity index (χ0n) is 8.36. The van der Waals surface area contributed by atoms with Gasteiger partial charge in [0.15, 0.2) is 6.10 Å². The van der Waals surface area contributed by atoms with Gasteiger partial charge in [-0.2, -0.15) is 5.26 Å². The number of carbonyl (C=O) groups excluding carboxylic acids is 1. The van der Waals surface area contributed by atoms with Gasteiger partial charge in [-0.15, -0.1) is 0 Å². The molecule has 0 aromatic carbocycles. The molecule has 1 aliphatic rings. The van der Waals surface area contributed by atoms with E-state index >= 15 is 0 Å². The van der Waals surface area contributed by atoms with Crippen LogP contribution in [0.3, 0.4) is 0 Å². The second kappa shape index (κ2) is 5.48. The molecule has 0 bridgehead atoms. The first-order valence-corrected chi connectivity index (χ1v) is 4.92. The van der Waals surface area contributed by atoms with Crippen molar-refractivity contribution in [1.29, 1.82) is 5.26 Å². The van der Waals surface area contributed by atoms with Gasteiger partial charge in [0.2, 0.25) is 0 Å². The summed E-state index contributed by atoms with van der Waals surface area (Å²) >= 11 is 0. The van der Waals surface area contributed by atoms with E-state index in [-0.39, 0.29) is 5.92 Å². The van der Waals surface area contributed by atoms with E-state index < -0.39 is 12.3 Å². The topological polar surface area (TPSA) is 59.3 Å². The standard InChI is InChI=1S/C10H15NO3/c1-13-10(12)14-9(7-11)8-5-3-2-4-6-8/h8-9H,2-6H2,1H3. The highest BCUT2D eigenvalue weighted by molar-refractivity contribution is 5.60. The van der Waals surface area contributed by atoms with Gasteiger partial charge in [-0.3, -0.25) is 0 Å². The second-order valence-corrected chi connectivity index (χ2v) is 3.52. The molecule has 1 aliphatic carbocycles. The molecule has 1 saturated carbocycles. The summed E-state index contributed by atoms with van der Waals surface area (Å²) in [5, 5.41) is 8.84. The van der Waals surface area contributed by atoms with Crippen molar-refractivity contribution in [2.24, 2.45) is 5.92 Å². The number of ether oxygens (including phenoxy) is 2. The van der Waals surface area contributed by atoms with Crippen molar-refractivity contribution in [2.45, 2.75) is 38.2 Å². The Bertz CT molecular complexity index is 228. The molecule has 1 rings (SSSR count). The first kappa shape index (κ1) is 10.8. The summed E-state index contributed by atoms with van der Waals surface area (Å²) in [5.74, 6) is 0.188. The Labute approximate surface area is 83.8 Å². The SMILES string of the molecule is COC(=O)OC(C#N)C1CCCCC1. The summed E-state index contributed by atoms with van der Waals surface area (Å²) < 4.78 is 9.23. The Morgan fingerprint density at radius 3 is 2.57 bits per heavy atom. The minimum atomic E-state index is -0.762. The van der Waals surface area contributed by atoms with Crippen molar-refractivity contribution in [3.8, 4) is 6.07 Å². The van der Waals surface area contributed by atoms with Crippen molar-refractivity contribution in [2.75, 3.05) is 7.11 Å². The van der Waals surface area contributed by atoms with Crippen molar-refractivity contribution < 1.29 is 14.3 Å². The van der Waals surface area contributed by atoms with E-state index in [2.05, 4.69) is 4.74 Å². The summed E-state index contributed by atoms with van der Waals surface area (Å²) in [6.07, 6.45) is 3.99. The Morgan fingerprint density at radius 2 is 2.07 bits per heavy atom. The number of methoxy groups -OCH3 is 1. The van der Waals surface area contributed by atoms with Gasteiger partial charge in [-0.05, 0) is 12.8 Å². The average Bonchev–Trinajstić information content (AvgIpc) is 2.26. The molecule has 0 spiro atoms. The van der Waals surface area contributed by atoms with Gasteiger partial charge in [-0.1, -0.05) is 19.3 Å². The minimum absolute atomic E-state index is 0.188. The fraction of sp³-hybridized carbons (Fsp3) is 0.800. The van der Waals surface area contributed by atoms with Crippen molar-refractivity contribution >= 4 is 6.16 Å². The summed E-state index contributed by atoms with van der Waals surface area (Å²) in [6.45, 7) is 0. The molecule has 0 amide bonds. The van der Waals surface area contributed by atoms with Crippen LogP contribution < -0.4 is 0 Å². The van der Waals surface area contributed by atoms with Gasteiger partial charge < -0.3 is 9.47 Å². The van der Waals surface area contributed by atoms with Crippen LogP contribution in [0.25, 0.3) is 0 Å². The van der Waals surface area contributed by atoms with E-state index in [4.69, 9.17) is 10.00 Å². The molecule has 78 valence electrons. The molecule has 0 radical (unpaired) electrons. The summed E-state index contributed by atoms with van der Waals surface area (Å²) in [6, 6.07) is 2.01. The number of nitrogens with zero attached hydrogens (tertiary/aromatic N) is 1. The molecule has 0 heterocycles. The van der Waals surface area contributed by atoms with E-state index in [0.717, 1.165) is 25.7 Å². The minimum Gasteiger partial charge on any atom is -0.438 e. The molecule has 0 aromatic heterocycles. The molecular weight excluding hydrogens is 182 g/mol. The molecule has 1 atom stereocenters. The summed E-state index contributed by atoms with van der Waals surface area (Å²) in [7, 11) is 1.25. The summed E-state index contributed by atoms with van der Waals surface area (Å²) in [5.41, 5.74) is 0. The third kappa shape index (κ3) is 2.91. The second-order valence-electron chi connectivity index (χ2n) is 3.52. The maximum atomic E-state index is 10.8. The largest absolute Gasteiger partial charge is 0.509 e. The van der Waals surface area contributed by atoms with Crippen molar-refractivity contribution in [1.82, 2.24) is 0 Å². The Kier molecular flexibility index (Phi) is 4.24. The lowest BCUT2D eigenvalue weighted by molar-refractivity contribution is 0.0282. The number of rotatable bonds is 2. The van der Waals surface area contributed by atoms with E-state index in [1.807, 2.05) is 6.07 Å². The highest BCUT2D eigenvalue weighted by Gasteiger charge is 2.26. The number of hydrogen-bond donors (Lipinski definition) is 0. The molecular formula is C10H15NO3. The van der Waals surface area contributed by atoms with E-state index in [9.17, 15) is 4.79 Å². The number of hydrogen-bond acceptors (Lipinski definition) is 4. The van der Waals surface area contributed by atoms with Gasteiger partial charge in [0, 0.05) is 5.92 Å². The Hall–Kier alpha value is -1.24. The van der Waals surface area contributed by atoms with E-state index in [0.29, 0.717) is 0 Å². The van der Waals surface area contributed by atoms with E-state index in [1.165, 1.54) is 13.5 Å². The third-order valence-corrected chi connectivity index (χ3v) is 2.60. The predicted molar refractivity (Wildman–Crippen MR) is 49.5 cm³/mol. The molecule has 4 nitrogen and oxygen atoms in total. The maximum absolute atomic E-state index is 10.8. The molecule has 0 saturated heterocycles. The fourth-order valence-corrected chi connectivity index (χ4v) is 1.82. The van der Waals surface area contributed by atoms with E-state index in [1.54, 1.807) is 0 Å². The van der Waals surface area contributed by atoms with Crippen molar-refractivity contribution in [3.05, 3.63) is 0 Å². The van der Waals surface area contributed by atoms with Crippen LogP contribution in [-0.2, 0) is 9.47 Å². The smallest absolute Gasteiger partial charge is 0.438 e. The Morgan fingerprint density at radius 1 is 1.43 bits per heavy atom. The zero-order valence-corrected chi connectivity index (χ0v) is 8.36. The molecule has 1 unspecified atom stereocenters. The van der Waals surface area contributed by atoms with Gasteiger partial charge in [0.25, 0.3) is 0 Å². The molecule has 1 fully saturated rings. The lowest BCUT2D eigenvalue weighted by Crippen LogP contribution is -2.27. The maximum Gasteiger partial charge on any atom is 0.509 e. The van der Waals surface area contributed by atoms with Crippen LogP contribution in [0.2, 0.25) is 0 Å². The third-order valence-electron chi connectivity index (χ3n) is 2.60. The van der Waals surface area contributed by atoms with Gasteiger partial charge in [0.1, 0.15) is 6.07 Å². The average molecular weight is 197 g/mol.